The molecule has 0 spiro atoms. The highest BCUT2D eigenvalue weighted by molar-refractivity contribution is 7.86. The van der Waals surface area contributed by atoms with E-state index < -0.39 is 22.0 Å². The van der Waals surface area contributed by atoms with Crippen LogP contribution >= 0.6 is 0 Å². The van der Waals surface area contributed by atoms with E-state index in [-0.39, 0.29) is 5.92 Å². The van der Waals surface area contributed by atoms with E-state index >= 15 is 0 Å². The van der Waals surface area contributed by atoms with Crippen LogP contribution in [0.1, 0.15) is 33.6 Å². The molecule has 0 aromatic rings. The van der Waals surface area contributed by atoms with Gasteiger partial charge in [0.2, 0.25) is 0 Å². The molecule has 1 saturated carbocycles. The third-order valence-corrected chi connectivity index (χ3v) is 3.56. The van der Waals surface area contributed by atoms with Crippen LogP contribution in [0.25, 0.3) is 0 Å². The van der Waals surface area contributed by atoms with Crippen molar-refractivity contribution in [2.45, 2.75) is 45.5 Å². The van der Waals surface area contributed by atoms with Crippen LogP contribution in [0.15, 0.2) is 0 Å². The largest absolute Gasteiger partial charge is 0.353 e. The summed E-state index contributed by atoms with van der Waals surface area (Å²) in [6.45, 7) is 6.81. The highest BCUT2D eigenvalue weighted by Crippen LogP contribution is 2.51. The molecule has 1 aliphatic rings. The molecule has 0 radical (unpaired) electrons. The van der Waals surface area contributed by atoms with Gasteiger partial charge in [-0.25, -0.2) is 0 Å². The normalized spacial score (nSPS) is 28.6. The topological polar surface area (TPSA) is 61.8 Å². The van der Waals surface area contributed by atoms with Crippen molar-refractivity contribution < 1.29 is 22.1 Å². The Kier molecular flexibility index (Phi) is 4.95. The van der Waals surface area contributed by atoms with Crippen LogP contribution in [0.4, 0.5) is 0 Å². The van der Waals surface area contributed by atoms with Gasteiger partial charge >= 0.3 is 0 Å². The van der Waals surface area contributed by atoms with Gasteiger partial charge in [0.1, 0.15) is 0 Å². The van der Waals surface area contributed by atoms with Crippen LogP contribution in [0.5, 0.6) is 0 Å². The van der Waals surface area contributed by atoms with E-state index in [0.717, 1.165) is 12.7 Å². The van der Waals surface area contributed by atoms with Crippen LogP contribution in [-0.4, -0.2) is 39.8 Å². The lowest BCUT2D eigenvalue weighted by Gasteiger charge is -2.23. The molecule has 0 aliphatic heterocycles. The standard InChI is InChI=1S/C11H22O5S/c1-5-14-10(15-6-2)8-11(7-9(11)3)16-17(4,12)13/h9-10H,5-8H2,1-4H3/t9-,11+/m1/s1. The van der Waals surface area contributed by atoms with E-state index in [1.54, 1.807) is 0 Å². The van der Waals surface area contributed by atoms with Crippen molar-refractivity contribution in [2.75, 3.05) is 19.5 Å². The fourth-order valence-corrected chi connectivity index (χ4v) is 2.92. The monoisotopic (exact) mass is 266 g/mol. The van der Waals surface area contributed by atoms with Crippen molar-refractivity contribution in [2.24, 2.45) is 5.92 Å². The second kappa shape index (κ2) is 5.65. The number of hydrogen-bond acceptors (Lipinski definition) is 5. The maximum Gasteiger partial charge on any atom is 0.264 e. The Morgan fingerprint density at radius 3 is 2.06 bits per heavy atom. The molecule has 0 amide bonds. The van der Waals surface area contributed by atoms with E-state index in [1.807, 2.05) is 20.8 Å². The first-order chi connectivity index (χ1) is 7.83. The zero-order valence-electron chi connectivity index (χ0n) is 10.9. The van der Waals surface area contributed by atoms with Crippen molar-refractivity contribution in [1.82, 2.24) is 0 Å². The molecule has 0 saturated heterocycles. The Labute approximate surface area is 104 Å². The van der Waals surface area contributed by atoms with Crippen LogP contribution in [0, 0.1) is 5.92 Å². The van der Waals surface area contributed by atoms with Gasteiger partial charge in [-0.3, -0.25) is 4.18 Å². The summed E-state index contributed by atoms with van der Waals surface area (Å²) in [5.41, 5.74) is -0.622. The second-order valence-electron chi connectivity index (χ2n) is 4.50. The average Bonchev–Trinajstić information content (AvgIpc) is 2.73. The molecule has 0 unspecified atom stereocenters. The average molecular weight is 266 g/mol. The minimum atomic E-state index is -3.44. The number of rotatable bonds is 8. The minimum absolute atomic E-state index is 0.223. The molecule has 2 atom stereocenters. The molecule has 0 aromatic carbocycles. The Morgan fingerprint density at radius 1 is 1.29 bits per heavy atom. The first-order valence-corrected chi connectivity index (χ1v) is 7.78. The van der Waals surface area contributed by atoms with Gasteiger partial charge in [-0.2, -0.15) is 8.42 Å². The second-order valence-corrected chi connectivity index (χ2v) is 6.08. The lowest BCUT2D eigenvalue weighted by Crippen LogP contribution is -2.30. The number of ether oxygens (including phenoxy) is 2. The molecule has 6 heteroatoms. The van der Waals surface area contributed by atoms with Crippen molar-refractivity contribution in [3.05, 3.63) is 0 Å². The van der Waals surface area contributed by atoms with Gasteiger partial charge < -0.3 is 9.47 Å². The van der Waals surface area contributed by atoms with Crippen LogP contribution < -0.4 is 0 Å². The van der Waals surface area contributed by atoms with E-state index in [1.165, 1.54) is 0 Å². The first kappa shape index (κ1) is 14.9. The Hall–Kier alpha value is -0.170. The maximum absolute atomic E-state index is 11.2. The smallest absolute Gasteiger partial charge is 0.264 e. The van der Waals surface area contributed by atoms with Crippen molar-refractivity contribution >= 4 is 10.1 Å². The molecule has 5 nitrogen and oxygen atoms in total. The zero-order chi connectivity index (χ0) is 13.1. The number of hydrogen-bond donors (Lipinski definition) is 0. The molecule has 102 valence electrons. The van der Waals surface area contributed by atoms with Crippen molar-refractivity contribution in [1.29, 1.82) is 0 Å². The van der Waals surface area contributed by atoms with E-state index in [9.17, 15) is 8.42 Å². The SMILES string of the molecule is CCOC(C[C@@]1(OS(C)(=O)=O)C[C@H]1C)OCC. The zero-order valence-corrected chi connectivity index (χ0v) is 11.7. The van der Waals surface area contributed by atoms with Gasteiger partial charge in [0.15, 0.2) is 6.29 Å². The Balaban J connectivity index is 2.62. The molecule has 0 bridgehead atoms. The summed E-state index contributed by atoms with van der Waals surface area (Å²) in [6.07, 6.45) is 1.88. The summed E-state index contributed by atoms with van der Waals surface area (Å²) in [6, 6.07) is 0. The van der Waals surface area contributed by atoms with E-state index in [2.05, 4.69) is 0 Å². The highest BCUT2D eigenvalue weighted by atomic mass is 32.2. The summed E-state index contributed by atoms with van der Waals surface area (Å²) in [5, 5.41) is 0. The summed E-state index contributed by atoms with van der Waals surface area (Å²) in [7, 11) is -3.44. The van der Waals surface area contributed by atoms with Crippen molar-refractivity contribution in [3.63, 3.8) is 0 Å². The van der Waals surface area contributed by atoms with Crippen molar-refractivity contribution in [3.8, 4) is 0 Å². The maximum atomic E-state index is 11.2. The summed E-state index contributed by atoms with van der Waals surface area (Å²) in [4.78, 5) is 0. The van der Waals surface area contributed by atoms with Gasteiger partial charge in [-0.05, 0) is 26.2 Å². The van der Waals surface area contributed by atoms with Crippen LogP contribution in [0.3, 0.4) is 0 Å². The molecule has 1 fully saturated rings. The third-order valence-electron chi connectivity index (χ3n) is 2.92. The van der Waals surface area contributed by atoms with E-state index in [4.69, 9.17) is 13.7 Å². The molecule has 17 heavy (non-hydrogen) atoms. The Morgan fingerprint density at radius 2 is 1.76 bits per heavy atom. The lowest BCUT2D eigenvalue weighted by atomic mass is 10.2. The first-order valence-electron chi connectivity index (χ1n) is 5.96. The molecular formula is C11H22O5S. The van der Waals surface area contributed by atoms with Gasteiger partial charge in [-0.15, -0.1) is 0 Å². The predicted octanol–water partition coefficient (Wildman–Crippen LogP) is 1.53. The van der Waals surface area contributed by atoms with Gasteiger partial charge in [-0.1, -0.05) is 6.92 Å². The van der Waals surface area contributed by atoms with Gasteiger partial charge in [0.25, 0.3) is 10.1 Å². The third kappa shape index (κ3) is 4.54. The predicted molar refractivity (Wildman–Crippen MR) is 64.1 cm³/mol. The highest BCUT2D eigenvalue weighted by Gasteiger charge is 2.56. The van der Waals surface area contributed by atoms with Gasteiger partial charge in [0.05, 0.1) is 11.9 Å². The summed E-state index contributed by atoms with van der Waals surface area (Å²) >= 11 is 0. The van der Waals surface area contributed by atoms with E-state index in [0.29, 0.717) is 19.6 Å². The molecular weight excluding hydrogens is 244 g/mol. The van der Waals surface area contributed by atoms with Gasteiger partial charge in [0, 0.05) is 19.6 Å². The quantitative estimate of drug-likeness (QED) is 0.492. The Bertz CT molecular complexity index is 334. The molecule has 1 rings (SSSR count). The molecule has 0 heterocycles. The molecule has 1 aliphatic carbocycles. The van der Waals surface area contributed by atoms with Crippen LogP contribution in [-0.2, 0) is 23.8 Å². The summed E-state index contributed by atoms with van der Waals surface area (Å²) in [5.74, 6) is 0.223. The van der Waals surface area contributed by atoms with Crippen LogP contribution in [0.2, 0.25) is 0 Å². The molecule has 0 aromatic heterocycles. The summed E-state index contributed by atoms with van der Waals surface area (Å²) < 4.78 is 38.5. The molecule has 0 N–H and O–H groups in total. The fourth-order valence-electron chi connectivity index (χ4n) is 2.02. The minimum Gasteiger partial charge on any atom is -0.353 e. The fraction of sp³-hybridized carbons (Fsp3) is 1.00. The lowest BCUT2D eigenvalue weighted by molar-refractivity contribution is -0.154.